The minimum absolute atomic E-state index is 0.0191. The van der Waals surface area contributed by atoms with Crippen molar-refractivity contribution in [1.82, 2.24) is 20.0 Å². The number of benzene rings is 1. The first-order chi connectivity index (χ1) is 13.5. The van der Waals surface area contributed by atoms with Gasteiger partial charge in [-0.2, -0.15) is 5.10 Å². The van der Waals surface area contributed by atoms with Crippen LogP contribution in [-0.2, 0) is 23.1 Å². The normalized spacial score (nSPS) is 17.5. The Hall–Kier alpha value is -2.87. The van der Waals surface area contributed by atoms with Gasteiger partial charge in [0.05, 0.1) is 25.9 Å². The van der Waals surface area contributed by atoms with Crippen molar-refractivity contribution < 1.29 is 9.53 Å². The van der Waals surface area contributed by atoms with Crippen LogP contribution in [0.4, 0.5) is 5.69 Å². The quantitative estimate of drug-likeness (QED) is 0.608. The van der Waals surface area contributed by atoms with Gasteiger partial charge in [0.1, 0.15) is 6.10 Å². The molecule has 1 unspecified atom stereocenters. The molecular formula is C20H28N6O2. The van der Waals surface area contributed by atoms with Crippen molar-refractivity contribution in [3.05, 3.63) is 47.8 Å². The molecule has 1 aliphatic heterocycles. The van der Waals surface area contributed by atoms with Crippen molar-refractivity contribution in [2.75, 3.05) is 31.6 Å². The lowest BCUT2D eigenvalue weighted by atomic mass is 10.1. The zero-order valence-electron chi connectivity index (χ0n) is 16.7. The van der Waals surface area contributed by atoms with Gasteiger partial charge >= 0.3 is 0 Å². The van der Waals surface area contributed by atoms with E-state index >= 15 is 0 Å². The molecule has 2 aromatic rings. The van der Waals surface area contributed by atoms with E-state index in [0.29, 0.717) is 13.2 Å². The molecule has 8 nitrogen and oxygen atoms in total. The number of aromatic nitrogens is 2. The van der Waals surface area contributed by atoms with Crippen molar-refractivity contribution in [1.29, 1.82) is 0 Å². The molecule has 3 rings (SSSR count). The van der Waals surface area contributed by atoms with E-state index in [4.69, 9.17) is 9.73 Å². The summed E-state index contributed by atoms with van der Waals surface area (Å²) in [5.41, 5.74) is 2.90. The second-order valence-electron chi connectivity index (χ2n) is 6.80. The Balaban J connectivity index is 1.70. The number of carbonyl (C=O) groups is 1. The van der Waals surface area contributed by atoms with Crippen LogP contribution in [0.25, 0.3) is 0 Å². The van der Waals surface area contributed by atoms with E-state index in [9.17, 15) is 4.79 Å². The van der Waals surface area contributed by atoms with Crippen LogP contribution in [0.1, 0.15) is 31.1 Å². The molecule has 1 fully saturated rings. The Morgan fingerprint density at radius 3 is 3.00 bits per heavy atom. The summed E-state index contributed by atoms with van der Waals surface area (Å²) < 4.78 is 7.72. The number of amides is 1. The smallest absolute Gasteiger partial charge is 0.221 e. The van der Waals surface area contributed by atoms with Gasteiger partial charge in [0.25, 0.3) is 0 Å². The highest BCUT2D eigenvalue weighted by molar-refractivity contribution is 5.88. The molecule has 1 saturated heterocycles. The lowest BCUT2D eigenvalue weighted by Gasteiger charge is -2.34. The Labute approximate surface area is 165 Å². The average Bonchev–Trinajstić information content (AvgIpc) is 3.11. The summed E-state index contributed by atoms with van der Waals surface area (Å²) in [6.07, 6.45) is 3.83. The number of aliphatic imine (C=N–C) groups is 1. The fraction of sp³-hybridized carbons (Fsp3) is 0.450. The van der Waals surface area contributed by atoms with Crippen LogP contribution in [0.5, 0.6) is 0 Å². The Bertz CT molecular complexity index is 832. The molecule has 0 radical (unpaired) electrons. The van der Waals surface area contributed by atoms with Crippen LogP contribution in [-0.4, -0.2) is 52.8 Å². The van der Waals surface area contributed by atoms with Gasteiger partial charge in [-0.15, -0.1) is 0 Å². The topological polar surface area (TPSA) is 83.8 Å². The van der Waals surface area contributed by atoms with E-state index in [1.807, 2.05) is 43.7 Å². The number of nitrogens with zero attached hydrogens (tertiary/aromatic N) is 4. The number of carbonyl (C=O) groups excluding carboxylic acids is 1. The molecule has 2 N–H and O–H groups in total. The number of rotatable bonds is 5. The maximum atomic E-state index is 11.3. The van der Waals surface area contributed by atoms with Crippen molar-refractivity contribution in [3.8, 4) is 0 Å². The van der Waals surface area contributed by atoms with Gasteiger partial charge in [-0.1, -0.05) is 12.1 Å². The van der Waals surface area contributed by atoms with Crippen LogP contribution in [0.3, 0.4) is 0 Å². The second-order valence-corrected chi connectivity index (χ2v) is 6.80. The van der Waals surface area contributed by atoms with Crippen molar-refractivity contribution in [3.63, 3.8) is 0 Å². The number of hydrogen-bond acceptors (Lipinski definition) is 4. The minimum atomic E-state index is -0.0799. The van der Waals surface area contributed by atoms with Gasteiger partial charge < -0.3 is 20.3 Å². The molecule has 1 atom stereocenters. The van der Waals surface area contributed by atoms with E-state index in [2.05, 4.69) is 27.6 Å². The van der Waals surface area contributed by atoms with E-state index in [1.165, 1.54) is 6.92 Å². The molecule has 1 aromatic carbocycles. The molecule has 0 bridgehead atoms. The standard InChI is InChI=1S/C20H28N6O2/c1-4-21-20(22-11-16-6-5-7-18(10-16)24-15(2)27)26-8-9-28-19(14-26)17-12-23-25(3)13-17/h5-7,10,12-13,19H,4,8-9,11,14H2,1-3H3,(H,21,22)(H,24,27). The van der Waals surface area contributed by atoms with Crippen molar-refractivity contribution in [2.24, 2.45) is 12.0 Å². The van der Waals surface area contributed by atoms with Crippen LogP contribution < -0.4 is 10.6 Å². The zero-order valence-corrected chi connectivity index (χ0v) is 16.7. The third kappa shape index (κ3) is 5.32. The molecule has 1 aliphatic rings. The summed E-state index contributed by atoms with van der Waals surface area (Å²) in [4.78, 5) is 18.3. The van der Waals surface area contributed by atoms with Crippen LogP contribution >= 0.6 is 0 Å². The first-order valence-electron chi connectivity index (χ1n) is 9.55. The van der Waals surface area contributed by atoms with Crippen LogP contribution in [0.2, 0.25) is 0 Å². The summed E-state index contributed by atoms with van der Waals surface area (Å²) >= 11 is 0. The lowest BCUT2D eigenvalue weighted by molar-refractivity contribution is -0.114. The highest BCUT2D eigenvalue weighted by Crippen LogP contribution is 2.22. The van der Waals surface area contributed by atoms with E-state index in [-0.39, 0.29) is 12.0 Å². The predicted molar refractivity (Wildman–Crippen MR) is 109 cm³/mol. The fourth-order valence-corrected chi connectivity index (χ4v) is 3.19. The maximum absolute atomic E-state index is 11.3. The Kier molecular flexibility index (Phi) is 6.65. The summed E-state index contributed by atoms with van der Waals surface area (Å²) in [7, 11) is 1.91. The van der Waals surface area contributed by atoms with Crippen LogP contribution in [0.15, 0.2) is 41.7 Å². The highest BCUT2D eigenvalue weighted by atomic mass is 16.5. The molecule has 8 heteroatoms. The summed E-state index contributed by atoms with van der Waals surface area (Å²) in [6, 6.07) is 7.76. The van der Waals surface area contributed by atoms with Gasteiger partial charge in [-0.3, -0.25) is 9.48 Å². The van der Waals surface area contributed by atoms with E-state index in [0.717, 1.165) is 42.4 Å². The molecule has 1 amide bonds. The number of hydrogen-bond donors (Lipinski definition) is 2. The molecule has 0 spiro atoms. The third-order valence-corrected chi connectivity index (χ3v) is 4.46. The van der Waals surface area contributed by atoms with Crippen LogP contribution in [0, 0.1) is 0 Å². The lowest BCUT2D eigenvalue weighted by Crippen LogP contribution is -2.48. The summed E-state index contributed by atoms with van der Waals surface area (Å²) in [6.45, 7) is 7.04. The molecule has 0 saturated carbocycles. The molecule has 150 valence electrons. The van der Waals surface area contributed by atoms with Gasteiger partial charge in [0.2, 0.25) is 5.91 Å². The predicted octanol–water partition coefficient (Wildman–Crippen LogP) is 1.92. The molecule has 1 aromatic heterocycles. The second kappa shape index (κ2) is 9.36. The number of ether oxygens (including phenoxy) is 1. The highest BCUT2D eigenvalue weighted by Gasteiger charge is 2.25. The zero-order chi connectivity index (χ0) is 19.9. The number of anilines is 1. The first-order valence-corrected chi connectivity index (χ1v) is 9.55. The molecular weight excluding hydrogens is 356 g/mol. The monoisotopic (exact) mass is 384 g/mol. The average molecular weight is 384 g/mol. The number of morpholine rings is 1. The maximum Gasteiger partial charge on any atom is 0.221 e. The van der Waals surface area contributed by atoms with Crippen molar-refractivity contribution in [2.45, 2.75) is 26.5 Å². The summed E-state index contributed by atoms with van der Waals surface area (Å²) in [5.74, 6) is 0.786. The minimum Gasteiger partial charge on any atom is -0.370 e. The first kappa shape index (κ1) is 19.9. The summed E-state index contributed by atoms with van der Waals surface area (Å²) in [5, 5.41) is 10.4. The number of aryl methyl sites for hydroxylation is 1. The van der Waals surface area contributed by atoms with Gasteiger partial charge in [0, 0.05) is 44.5 Å². The number of guanidine groups is 1. The molecule has 0 aliphatic carbocycles. The largest absolute Gasteiger partial charge is 0.370 e. The van der Waals surface area contributed by atoms with E-state index in [1.54, 1.807) is 4.68 Å². The van der Waals surface area contributed by atoms with Gasteiger partial charge in [-0.25, -0.2) is 4.99 Å². The molecule has 2 heterocycles. The number of nitrogens with one attached hydrogen (secondary N) is 2. The third-order valence-electron chi connectivity index (χ3n) is 4.46. The fourth-order valence-electron chi connectivity index (χ4n) is 3.19. The van der Waals surface area contributed by atoms with Crippen molar-refractivity contribution >= 4 is 17.6 Å². The SMILES string of the molecule is CCNC(=NCc1cccc(NC(C)=O)c1)N1CCOC(c2cnn(C)c2)C1. The Morgan fingerprint density at radius 2 is 2.29 bits per heavy atom. The Morgan fingerprint density at radius 1 is 1.43 bits per heavy atom. The van der Waals surface area contributed by atoms with E-state index < -0.39 is 0 Å². The van der Waals surface area contributed by atoms with Gasteiger partial charge in [-0.05, 0) is 24.6 Å². The molecule has 28 heavy (non-hydrogen) atoms. The van der Waals surface area contributed by atoms with Gasteiger partial charge in [0.15, 0.2) is 5.96 Å².